The summed E-state index contributed by atoms with van der Waals surface area (Å²) in [6.45, 7) is 0. The standard InChI is InChI=1S/C42H28N2S/c1-3-10-29(11-4-1)31-18-22-33(23-19-31)43(34-24-20-32(21-25-34)30-12-5-2-6-13-30)35-26-27-40-39(28-35)44-38-16-8-7-14-36(38)37-15-9-17-41(45-40)42(37)44/h1-28H. The molecule has 0 N–H and O–H groups in total. The van der Waals surface area contributed by atoms with Crippen LogP contribution in [0.2, 0.25) is 0 Å². The van der Waals surface area contributed by atoms with E-state index in [-0.39, 0.29) is 0 Å². The molecule has 1 aromatic heterocycles. The van der Waals surface area contributed by atoms with Crippen LogP contribution in [0, 0.1) is 0 Å². The van der Waals surface area contributed by atoms with Crippen LogP contribution in [0.3, 0.4) is 0 Å². The number of anilines is 3. The van der Waals surface area contributed by atoms with E-state index in [0.717, 1.165) is 17.1 Å². The van der Waals surface area contributed by atoms with Gasteiger partial charge in [-0.15, -0.1) is 0 Å². The Kier molecular flexibility index (Phi) is 6.10. The van der Waals surface area contributed by atoms with E-state index in [1.54, 1.807) is 0 Å². The molecule has 0 aliphatic carbocycles. The molecular formula is C42H28N2S. The molecule has 0 atom stereocenters. The van der Waals surface area contributed by atoms with Gasteiger partial charge in [0.15, 0.2) is 0 Å². The number of fused-ring (bicyclic) bond motifs is 5. The Morgan fingerprint density at radius 2 is 0.933 bits per heavy atom. The van der Waals surface area contributed by atoms with Crippen molar-refractivity contribution in [1.29, 1.82) is 0 Å². The van der Waals surface area contributed by atoms with Crippen molar-refractivity contribution in [1.82, 2.24) is 4.57 Å². The Hall–Kier alpha value is -5.51. The maximum absolute atomic E-state index is 2.46. The molecule has 8 aromatic rings. The van der Waals surface area contributed by atoms with Gasteiger partial charge < -0.3 is 9.47 Å². The van der Waals surface area contributed by atoms with E-state index in [2.05, 4.69) is 179 Å². The highest BCUT2D eigenvalue weighted by molar-refractivity contribution is 7.99. The van der Waals surface area contributed by atoms with Crippen molar-refractivity contribution in [3.05, 3.63) is 170 Å². The van der Waals surface area contributed by atoms with E-state index in [1.807, 2.05) is 11.8 Å². The van der Waals surface area contributed by atoms with E-state index in [1.165, 1.54) is 59.5 Å². The lowest BCUT2D eigenvalue weighted by molar-refractivity contribution is 1.09. The lowest BCUT2D eigenvalue weighted by Crippen LogP contribution is -2.11. The SMILES string of the molecule is c1ccc(-c2ccc(N(c3ccc(-c4ccccc4)cc3)c3ccc4c(c3)-n3c5ccccc5c5cccc(c53)S4)cc2)cc1. The molecule has 0 radical (unpaired) electrons. The molecule has 212 valence electrons. The quantitative estimate of drug-likeness (QED) is 0.196. The van der Waals surface area contributed by atoms with Gasteiger partial charge in [0.05, 0.1) is 16.7 Å². The first-order valence-electron chi connectivity index (χ1n) is 15.3. The number of aromatic nitrogens is 1. The van der Waals surface area contributed by atoms with E-state index >= 15 is 0 Å². The van der Waals surface area contributed by atoms with E-state index in [4.69, 9.17) is 0 Å². The van der Waals surface area contributed by atoms with E-state index in [0.29, 0.717) is 0 Å². The van der Waals surface area contributed by atoms with E-state index < -0.39 is 0 Å². The minimum absolute atomic E-state index is 1.12. The summed E-state index contributed by atoms with van der Waals surface area (Å²) < 4.78 is 2.46. The van der Waals surface area contributed by atoms with Crippen LogP contribution >= 0.6 is 11.8 Å². The molecule has 0 saturated carbocycles. The van der Waals surface area contributed by atoms with Crippen molar-refractivity contribution in [2.75, 3.05) is 4.90 Å². The van der Waals surface area contributed by atoms with Gasteiger partial charge in [-0.25, -0.2) is 0 Å². The third kappa shape index (κ3) is 4.35. The lowest BCUT2D eigenvalue weighted by Gasteiger charge is -2.28. The molecule has 45 heavy (non-hydrogen) atoms. The third-order valence-corrected chi connectivity index (χ3v) is 9.90. The summed E-state index contributed by atoms with van der Waals surface area (Å²) in [5.74, 6) is 0. The second-order valence-electron chi connectivity index (χ2n) is 11.4. The highest BCUT2D eigenvalue weighted by atomic mass is 32.2. The van der Waals surface area contributed by atoms with Gasteiger partial charge in [-0.3, -0.25) is 0 Å². The van der Waals surface area contributed by atoms with Gasteiger partial charge in [0, 0.05) is 37.6 Å². The maximum Gasteiger partial charge on any atom is 0.0681 e. The summed E-state index contributed by atoms with van der Waals surface area (Å²) in [6.07, 6.45) is 0. The number of hydrogen-bond acceptors (Lipinski definition) is 2. The van der Waals surface area contributed by atoms with Crippen LogP contribution in [0.15, 0.2) is 180 Å². The fraction of sp³-hybridized carbons (Fsp3) is 0. The summed E-state index contributed by atoms with van der Waals surface area (Å²) >= 11 is 1.86. The fourth-order valence-electron chi connectivity index (χ4n) is 6.66. The van der Waals surface area contributed by atoms with Crippen LogP contribution in [0.5, 0.6) is 0 Å². The van der Waals surface area contributed by atoms with Crippen molar-refractivity contribution in [3.8, 4) is 27.9 Å². The zero-order valence-electron chi connectivity index (χ0n) is 24.5. The molecule has 3 heteroatoms. The molecule has 1 aliphatic rings. The number of nitrogens with zero attached hydrogens (tertiary/aromatic N) is 2. The molecule has 0 bridgehead atoms. The zero-order valence-corrected chi connectivity index (χ0v) is 25.3. The normalized spacial score (nSPS) is 11.9. The second-order valence-corrected chi connectivity index (χ2v) is 12.5. The summed E-state index contributed by atoms with van der Waals surface area (Å²) in [7, 11) is 0. The van der Waals surface area contributed by atoms with Gasteiger partial charge in [0.2, 0.25) is 0 Å². The van der Waals surface area contributed by atoms with Gasteiger partial charge >= 0.3 is 0 Å². The highest BCUT2D eigenvalue weighted by Crippen LogP contribution is 2.48. The molecular weight excluding hydrogens is 565 g/mol. The van der Waals surface area contributed by atoms with Gasteiger partial charge in [0.25, 0.3) is 0 Å². The molecule has 0 fully saturated rings. The number of rotatable bonds is 5. The summed E-state index contributed by atoms with van der Waals surface area (Å²) in [4.78, 5) is 4.94. The van der Waals surface area contributed by atoms with Crippen molar-refractivity contribution >= 4 is 50.6 Å². The minimum atomic E-state index is 1.12. The molecule has 1 aliphatic heterocycles. The molecule has 9 rings (SSSR count). The van der Waals surface area contributed by atoms with Crippen molar-refractivity contribution in [3.63, 3.8) is 0 Å². The molecule has 2 nitrogen and oxygen atoms in total. The van der Waals surface area contributed by atoms with Gasteiger partial charge in [0.1, 0.15) is 0 Å². The van der Waals surface area contributed by atoms with Gasteiger partial charge in [-0.05, 0) is 76.9 Å². The average molecular weight is 593 g/mol. The maximum atomic E-state index is 2.46. The minimum Gasteiger partial charge on any atom is -0.310 e. The first-order valence-corrected chi connectivity index (χ1v) is 16.1. The Balaban J connectivity index is 1.21. The summed E-state index contributed by atoms with van der Waals surface area (Å²) in [5.41, 5.74) is 12.0. The number of benzene rings is 7. The lowest BCUT2D eigenvalue weighted by atomic mass is 10.0. The number of para-hydroxylation sites is 2. The van der Waals surface area contributed by atoms with Crippen LogP contribution in [-0.4, -0.2) is 4.57 Å². The molecule has 0 amide bonds. The molecule has 7 aromatic carbocycles. The van der Waals surface area contributed by atoms with Crippen molar-refractivity contribution < 1.29 is 0 Å². The average Bonchev–Trinajstić information content (AvgIpc) is 3.46. The summed E-state index contributed by atoms with van der Waals surface area (Å²) in [5, 5.41) is 2.59. The first-order chi connectivity index (χ1) is 22.3. The Morgan fingerprint density at radius 3 is 1.58 bits per heavy atom. The summed E-state index contributed by atoms with van der Waals surface area (Å²) in [6, 6.07) is 61.4. The Morgan fingerprint density at radius 1 is 0.400 bits per heavy atom. The second kappa shape index (κ2) is 10.6. The monoisotopic (exact) mass is 592 g/mol. The van der Waals surface area contributed by atoms with Crippen LogP contribution < -0.4 is 4.90 Å². The van der Waals surface area contributed by atoms with Crippen LogP contribution in [0.25, 0.3) is 49.7 Å². The topological polar surface area (TPSA) is 8.17 Å². The van der Waals surface area contributed by atoms with Gasteiger partial charge in [-0.2, -0.15) is 0 Å². The third-order valence-electron chi connectivity index (χ3n) is 8.78. The zero-order chi connectivity index (χ0) is 29.7. The largest absolute Gasteiger partial charge is 0.310 e. The molecule has 0 saturated heterocycles. The first kappa shape index (κ1) is 25.9. The van der Waals surface area contributed by atoms with Crippen molar-refractivity contribution in [2.24, 2.45) is 0 Å². The van der Waals surface area contributed by atoms with E-state index in [9.17, 15) is 0 Å². The Labute approximate surface area is 266 Å². The highest BCUT2D eigenvalue weighted by Gasteiger charge is 2.24. The van der Waals surface area contributed by atoms with Crippen LogP contribution in [0.1, 0.15) is 0 Å². The molecule has 2 heterocycles. The fourth-order valence-corrected chi connectivity index (χ4v) is 7.73. The van der Waals surface area contributed by atoms with Crippen LogP contribution in [-0.2, 0) is 0 Å². The number of hydrogen-bond donors (Lipinski definition) is 0. The van der Waals surface area contributed by atoms with Crippen molar-refractivity contribution in [2.45, 2.75) is 9.79 Å². The molecule has 0 unspecified atom stereocenters. The predicted octanol–water partition coefficient (Wildman–Crippen LogP) is 12.1. The smallest absolute Gasteiger partial charge is 0.0681 e. The Bertz CT molecular complexity index is 2240. The van der Waals surface area contributed by atoms with Crippen LogP contribution in [0.4, 0.5) is 17.1 Å². The predicted molar refractivity (Wildman–Crippen MR) is 190 cm³/mol. The molecule has 0 spiro atoms. The van der Waals surface area contributed by atoms with Gasteiger partial charge in [-0.1, -0.05) is 127 Å².